The molecule has 0 amide bonds. The van der Waals surface area contributed by atoms with Gasteiger partial charge >= 0.3 is 0 Å². The Morgan fingerprint density at radius 2 is 2.18 bits per heavy atom. The van der Waals surface area contributed by atoms with Crippen LogP contribution >= 0.6 is 0 Å². The second-order valence-electron chi connectivity index (χ2n) is 2.19. The van der Waals surface area contributed by atoms with E-state index in [0.717, 1.165) is 12.1 Å². The molecular formula is C9H11NO. The summed E-state index contributed by atoms with van der Waals surface area (Å²) in [6.07, 6.45) is 1.68. The van der Waals surface area contributed by atoms with Crippen LogP contribution in [0.25, 0.3) is 0 Å². The second-order valence-corrected chi connectivity index (χ2v) is 2.19. The fourth-order valence-electron chi connectivity index (χ4n) is 0.786. The maximum absolute atomic E-state index is 9.25. The van der Waals surface area contributed by atoms with Crippen molar-refractivity contribution in [2.24, 2.45) is 4.99 Å². The first-order valence-electron chi connectivity index (χ1n) is 3.62. The Balaban J connectivity index is 2.86. The normalized spacial score (nSPS) is 10.6. The van der Waals surface area contributed by atoms with Crippen molar-refractivity contribution in [2.45, 2.75) is 6.92 Å². The summed E-state index contributed by atoms with van der Waals surface area (Å²) < 4.78 is 0. The minimum Gasteiger partial charge on any atom is -0.507 e. The van der Waals surface area contributed by atoms with Crippen LogP contribution in [-0.4, -0.2) is 17.9 Å². The average molecular weight is 149 g/mol. The number of phenolic OH excluding ortho intramolecular Hbond substituents is 1. The van der Waals surface area contributed by atoms with Crippen molar-refractivity contribution in [3.05, 3.63) is 29.8 Å². The molecule has 1 aromatic rings. The van der Waals surface area contributed by atoms with Crippen LogP contribution in [-0.2, 0) is 0 Å². The number of phenols is 1. The number of nitrogens with zero attached hydrogens (tertiary/aromatic N) is 1. The molecule has 2 heteroatoms. The van der Waals surface area contributed by atoms with Crippen molar-refractivity contribution in [2.75, 3.05) is 6.54 Å². The smallest absolute Gasteiger partial charge is 0.124 e. The summed E-state index contributed by atoms with van der Waals surface area (Å²) in [5, 5.41) is 9.25. The molecular weight excluding hydrogens is 138 g/mol. The fraction of sp³-hybridized carbons (Fsp3) is 0.222. The predicted octanol–water partition coefficient (Wildman–Crippen LogP) is 1.83. The maximum atomic E-state index is 9.25. The van der Waals surface area contributed by atoms with Gasteiger partial charge in [0.2, 0.25) is 0 Å². The van der Waals surface area contributed by atoms with E-state index in [0.29, 0.717) is 0 Å². The first-order valence-corrected chi connectivity index (χ1v) is 3.62. The van der Waals surface area contributed by atoms with Crippen molar-refractivity contribution >= 4 is 6.21 Å². The average Bonchev–Trinajstić information content (AvgIpc) is 2.03. The van der Waals surface area contributed by atoms with Crippen LogP contribution in [0.2, 0.25) is 0 Å². The van der Waals surface area contributed by atoms with E-state index in [9.17, 15) is 5.11 Å². The van der Waals surface area contributed by atoms with E-state index in [-0.39, 0.29) is 5.75 Å². The molecule has 0 saturated carbocycles. The van der Waals surface area contributed by atoms with Crippen LogP contribution < -0.4 is 0 Å². The molecule has 1 rings (SSSR count). The van der Waals surface area contributed by atoms with Gasteiger partial charge in [-0.3, -0.25) is 4.99 Å². The van der Waals surface area contributed by atoms with Gasteiger partial charge in [0.05, 0.1) is 0 Å². The van der Waals surface area contributed by atoms with Gasteiger partial charge in [0.15, 0.2) is 0 Å². The molecule has 0 atom stereocenters. The van der Waals surface area contributed by atoms with Gasteiger partial charge in [0, 0.05) is 18.3 Å². The third kappa shape index (κ3) is 2.08. The Kier molecular flexibility index (Phi) is 2.66. The number of hydrogen-bond donors (Lipinski definition) is 1. The topological polar surface area (TPSA) is 32.6 Å². The first-order chi connectivity index (χ1) is 5.34. The van der Waals surface area contributed by atoms with Gasteiger partial charge in [-0.1, -0.05) is 12.1 Å². The lowest BCUT2D eigenvalue weighted by Crippen LogP contribution is -1.81. The van der Waals surface area contributed by atoms with Crippen LogP contribution in [0.15, 0.2) is 29.3 Å². The predicted molar refractivity (Wildman–Crippen MR) is 46.2 cm³/mol. The van der Waals surface area contributed by atoms with Gasteiger partial charge in [-0.25, -0.2) is 0 Å². The Labute approximate surface area is 66.2 Å². The zero-order chi connectivity index (χ0) is 8.10. The van der Waals surface area contributed by atoms with Crippen LogP contribution in [0.3, 0.4) is 0 Å². The Morgan fingerprint density at radius 3 is 2.82 bits per heavy atom. The molecule has 0 aromatic heterocycles. The van der Waals surface area contributed by atoms with Gasteiger partial charge in [0.1, 0.15) is 5.75 Å². The van der Waals surface area contributed by atoms with E-state index < -0.39 is 0 Å². The zero-order valence-corrected chi connectivity index (χ0v) is 6.49. The van der Waals surface area contributed by atoms with Crippen LogP contribution in [0, 0.1) is 0 Å². The van der Waals surface area contributed by atoms with Crippen molar-refractivity contribution < 1.29 is 5.11 Å². The van der Waals surface area contributed by atoms with Gasteiger partial charge < -0.3 is 5.11 Å². The summed E-state index contributed by atoms with van der Waals surface area (Å²) in [6, 6.07) is 7.14. The highest BCUT2D eigenvalue weighted by atomic mass is 16.3. The third-order valence-corrected chi connectivity index (χ3v) is 1.35. The molecule has 0 fully saturated rings. The van der Waals surface area contributed by atoms with Crippen LogP contribution in [0.5, 0.6) is 5.75 Å². The van der Waals surface area contributed by atoms with Crippen LogP contribution in [0.1, 0.15) is 12.5 Å². The molecule has 0 spiro atoms. The lowest BCUT2D eigenvalue weighted by Gasteiger charge is -1.94. The van der Waals surface area contributed by atoms with Crippen molar-refractivity contribution in [3.63, 3.8) is 0 Å². The molecule has 0 bridgehead atoms. The summed E-state index contributed by atoms with van der Waals surface area (Å²) in [7, 11) is 0. The minimum atomic E-state index is 0.282. The van der Waals surface area contributed by atoms with E-state index in [1.165, 1.54) is 0 Å². The molecule has 1 aromatic carbocycles. The minimum absolute atomic E-state index is 0.282. The van der Waals surface area contributed by atoms with E-state index >= 15 is 0 Å². The molecule has 2 nitrogen and oxygen atoms in total. The van der Waals surface area contributed by atoms with Gasteiger partial charge in [-0.2, -0.15) is 0 Å². The van der Waals surface area contributed by atoms with Crippen molar-refractivity contribution in [1.82, 2.24) is 0 Å². The largest absolute Gasteiger partial charge is 0.507 e. The number of para-hydroxylation sites is 1. The third-order valence-electron chi connectivity index (χ3n) is 1.35. The summed E-state index contributed by atoms with van der Waals surface area (Å²) >= 11 is 0. The molecule has 0 radical (unpaired) electrons. The van der Waals surface area contributed by atoms with E-state index in [4.69, 9.17) is 0 Å². The lowest BCUT2D eigenvalue weighted by atomic mass is 10.2. The number of benzene rings is 1. The second kappa shape index (κ2) is 3.76. The summed E-state index contributed by atoms with van der Waals surface area (Å²) in [6.45, 7) is 2.70. The maximum Gasteiger partial charge on any atom is 0.124 e. The molecule has 0 saturated heterocycles. The molecule has 0 aliphatic rings. The molecule has 0 unspecified atom stereocenters. The lowest BCUT2D eigenvalue weighted by molar-refractivity contribution is 0.474. The van der Waals surface area contributed by atoms with Crippen molar-refractivity contribution in [3.8, 4) is 5.75 Å². The monoisotopic (exact) mass is 149 g/mol. The SMILES string of the molecule is CCN=Cc1ccccc1O. The van der Waals surface area contributed by atoms with Crippen molar-refractivity contribution in [1.29, 1.82) is 0 Å². The van der Waals surface area contributed by atoms with E-state index in [1.807, 2.05) is 19.1 Å². The Morgan fingerprint density at radius 1 is 1.45 bits per heavy atom. The number of aromatic hydroxyl groups is 1. The standard InChI is InChI=1S/C9H11NO/c1-2-10-7-8-5-3-4-6-9(8)11/h3-7,11H,2H2,1H3. The highest BCUT2D eigenvalue weighted by molar-refractivity contribution is 5.83. The molecule has 11 heavy (non-hydrogen) atoms. The van der Waals surface area contributed by atoms with Crippen LogP contribution in [0.4, 0.5) is 0 Å². The number of rotatable bonds is 2. The highest BCUT2D eigenvalue weighted by Crippen LogP contribution is 2.12. The quantitative estimate of drug-likeness (QED) is 0.639. The highest BCUT2D eigenvalue weighted by Gasteiger charge is 1.92. The molecule has 0 aliphatic heterocycles. The molecule has 1 N–H and O–H groups in total. The number of aliphatic imine (C=N–C) groups is 1. The van der Waals surface area contributed by atoms with Gasteiger partial charge in [-0.05, 0) is 19.1 Å². The fourth-order valence-corrected chi connectivity index (χ4v) is 0.786. The Bertz CT molecular complexity index is 255. The van der Waals surface area contributed by atoms with Gasteiger partial charge in [0.25, 0.3) is 0 Å². The zero-order valence-electron chi connectivity index (χ0n) is 6.49. The summed E-state index contributed by atoms with van der Waals surface area (Å²) in [4.78, 5) is 4.02. The summed E-state index contributed by atoms with van der Waals surface area (Å²) in [5.41, 5.74) is 0.773. The molecule has 0 heterocycles. The van der Waals surface area contributed by atoms with Gasteiger partial charge in [-0.15, -0.1) is 0 Å². The summed E-state index contributed by atoms with van der Waals surface area (Å²) in [5.74, 6) is 0.282. The number of hydrogen-bond acceptors (Lipinski definition) is 2. The molecule has 58 valence electrons. The first kappa shape index (κ1) is 7.79. The molecule has 0 aliphatic carbocycles. The van der Waals surface area contributed by atoms with E-state index in [1.54, 1.807) is 18.3 Å². The Hall–Kier alpha value is -1.31. The van der Waals surface area contributed by atoms with E-state index in [2.05, 4.69) is 4.99 Å².